The molecule has 1 atom stereocenters. The van der Waals surface area contributed by atoms with Gasteiger partial charge in [0.15, 0.2) is 0 Å². The van der Waals surface area contributed by atoms with Crippen molar-refractivity contribution in [1.29, 1.82) is 0 Å². The minimum Gasteiger partial charge on any atom is -0.377 e. The summed E-state index contributed by atoms with van der Waals surface area (Å²) in [5.74, 6) is 0. The predicted molar refractivity (Wildman–Crippen MR) is 67.3 cm³/mol. The van der Waals surface area contributed by atoms with Gasteiger partial charge in [0.2, 0.25) is 0 Å². The first-order valence-corrected chi connectivity index (χ1v) is 6.63. The first kappa shape index (κ1) is 14.9. The van der Waals surface area contributed by atoms with Gasteiger partial charge in [-0.1, -0.05) is 46.0 Å². The van der Waals surface area contributed by atoms with Gasteiger partial charge >= 0.3 is 0 Å². The summed E-state index contributed by atoms with van der Waals surface area (Å²) in [7, 11) is 0. The average Bonchev–Trinajstić information content (AvgIpc) is 2.25. The predicted octanol–water partition coefficient (Wildman–Crippen LogP) is 3.36. The highest BCUT2D eigenvalue weighted by atomic mass is 16.5. The number of nitrogens with one attached hydrogen (secondary N) is 1. The van der Waals surface area contributed by atoms with E-state index in [0.717, 1.165) is 19.7 Å². The Balaban J connectivity index is 3.02. The van der Waals surface area contributed by atoms with Crippen molar-refractivity contribution in [2.75, 3.05) is 19.7 Å². The molecular formula is C13H29NO. The van der Waals surface area contributed by atoms with Gasteiger partial charge < -0.3 is 10.1 Å². The highest BCUT2D eigenvalue weighted by molar-refractivity contribution is 4.53. The zero-order chi connectivity index (χ0) is 11.4. The maximum atomic E-state index is 5.69. The lowest BCUT2D eigenvalue weighted by molar-refractivity contribution is 0.0634. The molecule has 0 amide bonds. The van der Waals surface area contributed by atoms with E-state index in [9.17, 15) is 0 Å². The van der Waals surface area contributed by atoms with Crippen molar-refractivity contribution in [1.82, 2.24) is 5.32 Å². The van der Waals surface area contributed by atoms with Gasteiger partial charge in [0, 0.05) is 13.2 Å². The van der Waals surface area contributed by atoms with Gasteiger partial charge in [-0.3, -0.25) is 0 Å². The Bertz CT molecular complexity index is 117. The van der Waals surface area contributed by atoms with Gasteiger partial charge in [-0.25, -0.2) is 0 Å². The molecule has 0 saturated heterocycles. The number of unbranched alkanes of at least 4 members (excludes halogenated alkanes) is 5. The standard InChI is InChI=1S/C13H29NO/c1-4-6-7-8-9-10-11-15-13(3)12-14-5-2/h13-14H,4-12H2,1-3H3. The molecule has 0 aromatic heterocycles. The van der Waals surface area contributed by atoms with Gasteiger partial charge in [0.05, 0.1) is 6.10 Å². The molecule has 2 nitrogen and oxygen atoms in total. The van der Waals surface area contributed by atoms with Crippen LogP contribution >= 0.6 is 0 Å². The third-order valence-corrected chi connectivity index (χ3v) is 2.58. The Kier molecular flexibility index (Phi) is 11.9. The normalized spacial score (nSPS) is 13.0. The molecule has 0 aromatic carbocycles. The van der Waals surface area contributed by atoms with E-state index in [-0.39, 0.29) is 0 Å². The summed E-state index contributed by atoms with van der Waals surface area (Å²) in [6, 6.07) is 0. The minimum absolute atomic E-state index is 0.362. The fourth-order valence-corrected chi connectivity index (χ4v) is 1.57. The molecule has 0 aliphatic rings. The van der Waals surface area contributed by atoms with Crippen LogP contribution in [0.3, 0.4) is 0 Å². The molecule has 0 spiro atoms. The van der Waals surface area contributed by atoms with Crippen molar-refractivity contribution in [3.8, 4) is 0 Å². The quantitative estimate of drug-likeness (QED) is 0.534. The van der Waals surface area contributed by atoms with E-state index in [1.807, 2.05) is 0 Å². The Morgan fingerprint density at radius 3 is 2.33 bits per heavy atom. The van der Waals surface area contributed by atoms with Crippen LogP contribution in [-0.2, 0) is 4.74 Å². The Morgan fingerprint density at radius 2 is 1.67 bits per heavy atom. The van der Waals surface area contributed by atoms with Crippen molar-refractivity contribution in [3.63, 3.8) is 0 Å². The van der Waals surface area contributed by atoms with Crippen LogP contribution in [-0.4, -0.2) is 25.8 Å². The van der Waals surface area contributed by atoms with E-state index < -0.39 is 0 Å². The van der Waals surface area contributed by atoms with Crippen LogP contribution in [0, 0.1) is 0 Å². The SMILES string of the molecule is CCCCCCCCOC(C)CNCC. The van der Waals surface area contributed by atoms with Crippen LogP contribution in [0.25, 0.3) is 0 Å². The minimum atomic E-state index is 0.362. The lowest BCUT2D eigenvalue weighted by atomic mass is 10.1. The number of rotatable bonds is 11. The van der Waals surface area contributed by atoms with E-state index in [1.54, 1.807) is 0 Å². The summed E-state index contributed by atoms with van der Waals surface area (Å²) >= 11 is 0. The fourth-order valence-electron chi connectivity index (χ4n) is 1.57. The van der Waals surface area contributed by atoms with Gasteiger partial charge in [0.25, 0.3) is 0 Å². The number of hydrogen-bond acceptors (Lipinski definition) is 2. The molecule has 0 saturated carbocycles. The molecular weight excluding hydrogens is 186 g/mol. The van der Waals surface area contributed by atoms with Gasteiger partial charge in [-0.2, -0.15) is 0 Å². The van der Waals surface area contributed by atoms with Crippen molar-refractivity contribution < 1.29 is 4.74 Å². The first-order chi connectivity index (χ1) is 7.31. The van der Waals surface area contributed by atoms with Crippen LogP contribution in [0.4, 0.5) is 0 Å². The van der Waals surface area contributed by atoms with E-state index in [2.05, 4.69) is 26.1 Å². The molecule has 0 heterocycles. The summed E-state index contributed by atoms with van der Waals surface area (Å²) in [6.45, 7) is 9.46. The molecule has 0 aliphatic heterocycles. The van der Waals surface area contributed by atoms with Crippen molar-refractivity contribution in [3.05, 3.63) is 0 Å². The zero-order valence-electron chi connectivity index (χ0n) is 10.8. The summed E-state index contributed by atoms with van der Waals surface area (Å²) in [5, 5.41) is 3.29. The smallest absolute Gasteiger partial charge is 0.0671 e. The Morgan fingerprint density at radius 1 is 1.00 bits per heavy atom. The molecule has 15 heavy (non-hydrogen) atoms. The van der Waals surface area contributed by atoms with E-state index in [4.69, 9.17) is 4.74 Å². The molecule has 92 valence electrons. The monoisotopic (exact) mass is 215 g/mol. The third kappa shape index (κ3) is 11.8. The zero-order valence-corrected chi connectivity index (χ0v) is 10.8. The van der Waals surface area contributed by atoms with E-state index >= 15 is 0 Å². The Labute approximate surface area is 95.8 Å². The molecule has 0 radical (unpaired) electrons. The second-order valence-electron chi connectivity index (χ2n) is 4.26. The average molecular weight is 215 g/mol. The Hall–Kier alpha value is -0.0800. The second-order valence-corrected chi connectivity index (χ2v) is 4.26. The number of likely N-dealkylation sites (N-methyl/N-ethyl adjacent to an activating group) is 1. The van der Waals surface area contributed by atoms with Crippen LogP contribution in [0.2, 0.25) is 0 Å². The van der Waals surface area contributed by atoms with Crippen LogP contribution < -0.4 is 5.32 Å². The van der Waals surface area contributed by atoms with Crippen LogP contribution in [0.5, 0.6) is 0 Å². The van der Waals surface area contributed by atoms with Gasteiger partial charge in [0.1, 0.15) is 0 Å². The largest absolute Gasteiger partial charge is 0.377 e. The number of hydrogen-bond donors (Lipinski definition) is 1. The highest BCUT2D eigenvalue weighted by Crippen LogP contribution is 2.05. The van der Waals surface area contributed by atoms with Gasteiger partial charge in [-0.05, 0) is 19.9 Å². The molecule has 0 rings (SSSR count). The lowest BCUT2D eigenvalue weighted by Gasteiger charge is -2.12. The molecule has 1 unspecified atom stereocenters. The summed E-state index contributed by atoms with van der Waals surface area (Å²) in [6.07, 6.45) is 8.39. The maximum absolute atomic E-state index is 5.69. The third-order valence-electron chi connectivity index (χ3n) is 2.58. The van der Waals surface area contributed by atoms with Crippen molar-refractivity contribution in [2.45, 2.75) is 65.4 Å². The summed E-state index contributed by atoms with van der Waals surface area (Å²) in [5.41, 5.74) is 0. The molecule has 0 aromatic rings. The first-order valence-electron chi connectivity index (χ1n) is 6.63. The fraction of sp³-hybridized carbons (Fsp3) is 1.00. The van der Waals surface area contributed by atoms with E-state index in [0.29, 0.717) is 6.10 Å². The summed E-state index contributed by atoms with van der Waals surface area (Å²) in [4.78, 5) is 0. The van der Waals surface area contributed by atoms with Crippen molar-refractivity contribution >= 4 is 0 Å². The lowest BCUT2D eigenvalue weighted by Crippen LogP contribution is -2.26. The van der Waals surface area contributed by atoms with Crippen LogP contribution in [0.15, 0.2) is 0 Å². The molecule has 0 fully saturated rings. The highest BCUT2D eigenvalue weighted by Gasteiger charge is 1.99. The van der Waals surface area contributed by atoms with Gasteiger partial charge in [-0.15, -0.1) is 0 Å². The molecule has 1 N–H and O–H groups in total. The van der Waals surface area contributed by atoms with Crippen LogP contribution in [0.1, 0.15) is 59.3 Å². The molecule has 0 aliphatic carbocycles. The topological polar surface area (TPSA) is 21.3 Å². The molecule has 0 bridgehead atoms. The van der Waals surface area contributed by atoms with E-state index in [1.165, 1.54) is 38.5 Å². The molecule has 2 heteroatoms. The summed E-state index contributed by atoms with van der Waals surface area (Å²) < 4.78 is 5.69. The maximum Gasteiger partial charge on any atom is 0.0671 e. The number of ether oxygens (including phenoxy) is 1. The second kappa shape index (κ2) is 12.0. The van der Waals surface area contributed by atoms with Crippen molar-refractivity contribution in [2.24, 2.45) is 0 Å².